The first kappa shape index (κ1) is 15.9. The molecule has 5 nitrogen and oxygen atoms in total. The summed E-state index contributed by atoms with van der Waals surface area (Å²) in [5, 5.41) is 11.5. The Labute approximate surface area is 118 Å². The Morgan fingerprint density at radius 2 is 2.20 bits per heavy atom. The van der Waals surface area contributed by atoms with E-state index in [0.717, 1.165) is 18.9 Å². The van der Waals surface area contributed by atoms with Gasteiger partial charge >= 0.3 is 5.97 Å². The summed E-state index contributed by atoms with van der Waals surface area (Å²) in [6.07, 6.45) is 7.34. The van der Waals surface area contributed by atoms with Crippen molar-refractivity contribution in [2.45, 2.75) is 26.7 Å². The molecular weight excluding hydrogens is 256 g/mol. The molecule has 1 aromatic rings. The molecule has 1 aromatic heterocycles. The maximum absolute atomic E-state index is 12.0. The molecule has 20 heavy (non-hydrogen) atoms. The third-order valence-corrected chi connectivity index (χ3v) is 2.75. The van der Waals surface area contributed by atoms with E-state index in [1.807, 2.05) is 0 Å². The van der Waals surface area contributed by atoms with Crippen molar-refractivity contribution in [3.63, 3.8) is 0 Å². The summed E-state index contributed by atoms with van der Waals surface area (Å²) in [6, 6.07) is 1.58. The van der Waals surface area contributed by atoms with Gasteiger partial charge in [0.15, 0.2) is 0 Å². The number of nitrogens with one attached hydrogen (secondary N) is 1. The molecule has 108 valence electrons. The minimum atomic E-state index is -1.06. The summed E-state index contributed by atoms with van der Waals surface area (Å²) in [4.78, 5) is 26.5. The second-order valence-electron chi connectivity index (χ2n) is 4.93. The molecule has 2 N–H and O–H groups in total. The topological polar surface area (TPSA) is 79.3 Å². The van der Waals surface area contributed by atoms with Gasteiger partial charge in [0.05, 0.1) is 0 Å². The summed E-state index contributed by atoms with van der Waals surface area (Å²) in [5.74, 6) is -0.653. The summed E-state index contributed by atoms with van der Waals surface area (Å²) in [7, 11) is 0. The molecule has 5 heteroatoms. The first-order chi connectivity index (χ1) is 9.50. The van der Waals surface area contributed by atoms with Gasteiger partial charge in [-0.25, -0.2) is 4.79 Å². The highest BCUT2D eigenvalue weighted by molar-refractivity contribution is 5.98. The van der Waals surface area contributed by atoms with E-state index in [1.165, 1.54) is 18.5 Å². The Kier molecular flexibility index (Phi) is 6.43. The minimum Gasteiger partial charge on any atom is -0.478 e. The predicted molar refractivity (Wildman–Crippen MR) is 77.3 cm³/mol. The fourth-order valence-electron chi connectivity index (χ4n) is 1.71. The van der Waals surface area contributed by atoms with Crippen LogP contribution in [0.25, 0.3) is 6.08 Å². The van der Waals surface area contributed by atoms with Crippen LogP contribution in [-0.2, 0) is 4.79 Å². The molecule has 0 fully saturated rings. The van der Waals surface area contributed by atoms with Crippen LogP contribution in [0.1, 0.15) is 42.6 Å². The lowest BCUT2D eigenvalue weighted by atomic mass is 10.1. The molecule has 0 spiro atoms. The van der Waals surface area contributed by atoms with Crippen LogP contribution in [0.5, 0.6) is 0 Å². The van der Waals surface area contributed by atoms with Gasteiger partial charge in [0, 0.05) is 36.1 Å². The van der Waals surface area contributed by atoms with Crippen LogP contribution in [-0.4, -0.2) is 28.5 Å². The number of aliphatic carboxylic acids is 1. The number of hydrogen-bond donors (Lipinski definition) is 2. The quantitative estimate of drug-likeness (QED) is 0.592. The standard InChI is InChI=1S/C15H20N2O3/c1-11(2)4-3-8-17-15(20)13-7-9-16-10-12(13)5-6-14(18)19/h5-7,9-11H,3-4,8H2,1-2H3,(H,17,20)(H,18,19). The summed E-state index contributed by atoms with van der Waals surface area (Å²) < 4.78 is 0. The van der Waals surface area contributed by atoms with Crippen molar-refractivity contribution in [2.75, 3.05) is 6.54 Å². The first-order valence-electron chi connectivity index (χ1n) is 6.64. The molecule has 0 saturated heterocycles. The highest BCUT2D eigenvalue weighted by Crippen LogP contribution is 2.09. The van der Waals surface area contributed by atoms with Crippen molar-refractivity contribution in [1.82, 2.24) is 10.3 Å². The number of carboxylic acids is 1. The SMILES string of the molecule is CC(C)CCCNC(=O)c1ccncc1C=CC(=O)O. The van der Waals surface area contributed by atoms with E-state index < -0.39 is 5.97 Å². The lowest BCUT2D eigenvalue weighted by molar-refractivity contribution is -0.131. The summed E-state index contributed by atoms with van der Waals surface area (Å²) >= 11 is 0. The molecule has 0 aliphatic rings. The van der Waals surface area contributed by atoms with Crippen LogP contribution in [0.3, 0.4) is 0 Å². The van der Waals surface area contributed by atoms with E-state index in [0.29, 0.717) is 23.6 Å². The highest BCUT2D eigenvalue weighted by Gasteiger charge is 2.09. The Bertz CT molecular complexity index is 496. The van der Waals surface area contributed by atoms with Crippen molar-refractivity contribution >= 4 is 18.0 Å². The molecule has 0 aliphatic heterocycles. The molecule has 0 unspecified atom stereocenters. The number of hydrogen-bond acceptors (Lipinski definition) is 3. The fraction of sp³-hybridized carbons (Fsp3) is 0.400. The van der Waals surface area contributed by atoms with Crippen molar-refractivity contribution < 1.29 is 14.7 Å². The number of aromatic nitrogens is 1. The van der Waals surface area contributed by atoms with Crippen LogP contribution < -0.4 is 5.32 Å². The van der Waals surface area contributed by atoms with Crippen LogP contribution in [0.2, 0.25) is 0 Å². The number of carbonyl (C=O) groups is 2. The minimum absolute atomic E-state index is 0.207. The zero-order chi connectivity index (χ0) is 15.0. The predicted octanol–water partition coefficient (Wildman–Crippen LogP) is 2.35. The van der Waals surface area contributed by atoms with Gasteiger partial charge in [0.2, 0.25) is 0 Å². The molecule has 0 saturated carbocycles. The second kappa shape index (κ2) is 8.09. The Balaban J connectivity index is 2.65. The van der Waals surface area contributed by atoms with E-state index in [-0.39, 0.29) is 5.91 Å². The molecular formula is C15H20N2O3. The Morgan fingerprint density at radius 1 is 1.45 bits per heavy atom. The van der Waals surface area contributed by atoms with E-state index in [1.54, 1.807) is 6.07 Å². The van der Waals surface area contributed by atoms with Gasteiger partial charge in [-0.05, 0) is 30.9 Å². The third kappa shape index (κ3) is 5.65. The van der Waals surface area contributed by atoms with Crippen molar-refractivity contribution in [2.24, 2.45) is 5.92 Å². The van der Waals surface area contributed by atoms with E-state index >= 15 is 0 Å². The van der Waals surface area contributed by atoms with Crippen molar-refractivity contribution in [1.29, 1.82) is 0 Å². The maximum Gasteiger partial charge on any atom is 0.328 e. The van der Waals surface area contributed by atoms with Gasteiger partial charge in [-0.1, -0.05) is 13.8 Å². The van der Waals surface area contributed by atoms with Gasteiger partial charge in [-0.15, -0.1) is 0 Å². The van der Waals surface area contributed by atoms with Crippen LogP contribution in [0.15, 0.2) is 24.5 Å². The third-order valence-electron chi connectivity index (χ3n) is 2.75. The molecule has 1 heterocycles. The van der Waals surface area contributed by atoms with Gasteiger partial charge in [0.1, 0.15) is 0 Å². The zero-order valence-corrected chi connectivity index (χ0v) is 11.8. The van der Waals surface area contributed by atoms with E-state index in [4.69, 9.17) is 5.11 Å². The number of rotatable bonds is 7. The van der Waals surface area contributed by atoms with Gasteiger partial charge in [-0.3, -0.25) is 9.78 Å². The maximum atomic E-state index is 12.0. The smallest absolute Gasteiger partial charge is 0.328 e. The average molecular weight is 276 g/mol. The monoisotopic (exact) mass is 276 g/mol. The molecule has 1 rings (SSSR count). The highest BCUT2D eigenvalue weighted by atomic mass is 16.4. The number of amides is 1. The lowest BCUT2D eigenvalue weighted by Crippen LogP contribution is -2.25. The Hall–Kier alpha value is -2.17. The number of carbonyl (C=O) groups excluding carboxylic acids is 1. The molecule has 0 radical (unpaired) electrons. The summed E-state index contributed by atoms with van der Waals surface area (Å²) in [5.41, 5.74) is 0.929. The number of pyridine rings is 1. The number of carboxylic acid groups (broad SMARTS) is 1. The van der Waals surface area contributed by atoms with Crippen LogP contribution in [0.4, 0.5) is 0 Å². The number of nitrogens with zero attached hydrogens (tertiary/aromatic N) is 1. The van der Waals surface area contributed by atoms with Crippen LogP contribution in [0, 0.1) is 5.92 Å². The van der Waals surface area contributed by atoms with Crippen molar-refractivity contribution in [3.8, 4) is 0 Å². The van der Waals surface area contributed by atoms with Crippen molar-refractivity contribution in [3.05, 3.63) is 35.7 Å². The second-order valence-corrected chi connectivity index (χ2v) is 4.93. The largest absolute Gasteiger partial charge is 0.478 e. The first-order valence-corrected chi connectivity index (χ1v) is 6.64. The molecule has 0 atom stereocenters. The van der Waals surface area contributed by atoms with E-state index in [2.05, 4.69) is 24.1 Å². The molecule has 0 aliphatic carbocycles. The Morgan fingerprint density at radius 3 is 2.85 bits per heavy atom. The average Bonchev–Trinajstić information content (AvgIpc) is 2.41. The van der Waals surface area contributed by atoms with Gasteiger partial charge in [0.25, 0.3) is 5.91 Å². The zero-order valence-electron chi connectivity index (χ0n) is 11.8. The molecule has 1 amide bonds. The van der Waals surface area contributed by atoms with Crippen LogP contribution >= 0.6 is 0 Å². The molecule has 0 aromatic carbocycles. The van der Waals surface area contributed by atoms with Gasteiger partial charge < -0.3 is 10.4 Å². The molecule has 0 bridgehead atoms. The lowest BCUT2D eigenvalue weighted by Gasteiger charge is -2.08. The summed E-state index contributed by atoms with van der Waals surface area (Å²) in [6.45, 7) is 4.89. The normalized spacial score (nSPS) is 10.9. The fourth-order valence-corrected chi connectivity index (χ4v) is 1.71. The van der Waals surface area contributed by atoms with E-state index in [9.17, 15) is 9.59 Å². The van der Waals surface area contributed by atoms with Gasteiger partial charge in [-0.2, -0.15) is 0 Å².